The molecule has 5 aromatic rings. The Morgan fingerprint density at radius 1 is 0.533 bits per heavy atom. The molecule has 0 atom stereocenters. The fourth-order valence-corrected chi connectivity index (χ4v) is 4.26. The zero-order valence-electron chi connectivity index (χ0n) is 17.5. The van der Waals surface area contributed by atoms with Crippen molar-refractivity contribution < 1.29 is 0 Å². The number of nitrogens with zero attached hydrogens (tertiary/aromatic N) is 1. The third-order valence-corrected chi connectivity index (χ3v) is 5.95. The molecular weight excluding hydrogens is 362 g/mol. The molecule has 0 unspecified atom stereocenters. The molecule has 5 aromatic carbocycles. The zero-order chi connectivity index (χ0) is 20.5. The lowest BCUT2D eigenvalue weighted by molar-refractivity contribution is 1.10. The van der Waals surface area contributed by atoms with Gasteiger partial charge >= 0.3 is 0 Å². The van der Waals surface area contributed by atoms with Crippen LogP contribution < -0.4 is 4.90 Å². The molecule has 0 radical (unpaired) electrons. The maximum absolute atomic E-state index is 2.37. The smallest absolute Gasteiger partial charge is 0.0468 e. The van der Waals surface area contributed by atoms with E-state index >= 15 is 0 Å². The maximum atomic E-state index is 2.37. The quantitative estimate of drug-likeness (QED) is 0.299. The number of benzene rings is 5. The number of aryl methyl sites for hydroxylation is 2. The zero-order valence-corrected chi connectivity index (χ0v) is 17.5. The van der Waals surface area contributed by atoms with Crippen molar-refractivity contribution in [2.24, 2.45) is 0 Å². The van der Waals surface area contributed by atoms with Gasteiger partial charge in [-0.3, -0.25) is 0 Å². The topological polar surface area (TPSA) is 3.24 Å². The molecule has 146 valence electrons. The SMILES string of the molecule is CCc1cc(N(c2ccc3ccccc3c2)c2ccc3ccccc3c2)ccc1C. The molecule has 0 aliphatic rings. The first-order valence-corrected chi connectivity index (χ1v) is 10.6. The van der Waals surface area contributed by atoms with E-state index in [1.165, 1.54) is 49.7 Å². The summed E-state index contributed by atoms with van der Waals surface area (Å²) in [5.74, 6) is 0. The largest absolute Gasteiger partial charge is 0.310 e. The van der Waals surface area contributed by atoms with E-state index in [-0.39, 0.29) is 0 Å². The molecule has 30 heavy (non-hydrogen) atoms. The van der Waals surface area contributed by atoms with Gasteiger partial charge in [-0.25, -0.2) is 0 Å². The number of rotatable bonds is 4. The first-order chi connectivity index (χ1) is 14.7. The van der Waals surface area contributed by atoms with Crippen LogP contribution >= 0.6 is 0 Å². The Balaban J connectivity index is 1.73. The van der Waals surface area contributed by atoms with Crippen molar-refractivity contribution >= 4 is 38.6 Å². The number of hydrogen-bond donors (Lipinski definition) is 0. The van der Waals surface area contributed by atoms with Gasteiger partial charge in [0.1, 0.15) is 0 Å². The van der Waals surface area contributed by atoms with Crippen LogP contribution in [-0.2, 0) is 6.42 Å². The Hall–Kier alpha value is -3.58. The molecular formula is C29H25N. The van der Waals surface area contributed by atoms with E-state index in [2.05, 4.69) is 122 Å². The monoisotopic (exact) mass is 387 g/mol. The molecule has 0 aliphatic carbocycles. The Kier molecular flexibility index (Phi) is 4.72. The minimum Gasteiger partial charge on any atom is -0.310 e. The second kappa shape index (κ2) is 7.68. The second-order valence-corrected chi connectivity index (χ2v) is 7.86. The summed E-state index contributed by atoms with van der Waals surface area (Å²) >= 11 is 0. The van der Waals surface area contributed by atoms with Gasteiger partial charge in [-0.05, 0) is 82.4 Å². The lowest BCUT2D eigenvalue weighted by Crippen LogP contribution is -2.10. The van der Waals surface area contributed by atoms with Crippen LogP contribution in [0.4, 0.5) is 17.1 Å². The summed E-state index contributed by atoms with van der Waals surface area (Å²) in [6, 6.07) is 37.4. The van der Waals surface area contributed by atoms with Gasteiger partial charge in [-0.2, -0.15) is 0 Å². The van der Waals surface area contributed by atoms with Crippen molar-refractivity contribution in [1.29, 1.82) is 0 Å². The van der Waals surface area contributed by atoms with Crippen LogP contribution in [0.3, 0.4) is 0 Å². The Labute approximate surface area is 178 Å². The van der Waals surface area contributed by atoms with Gasteiger partial charge < -0.3 is 4.90 Å². The summed E-state index contributed by atoms with van der Waals surface area (Å²) < 4.78 is 0. The summed E-state index contributed by atoms with van der Waals surface area (Å²) in [6.07, 6.45) is 1.03. The minimum atomic E-state index is 1.03. The average molecular weight is 388 g/mol. The van der Waals surface area contributed by atoms with Crippen LogP contribution in [0.2, 0.25) is 0 Å². The molecule has 0 saturated heterocycles. The first-order valence-electron chi connectivity index (χ1n) is 10.6. The molecule has 1 heteroatoms. The van der Waals surface area contributed by atoms with Crippen LogP contribution in [0.25, 0.3) is 21.5 Å². The highest BCUT2D eigenvalue weighted by Gasteiger charge is 2.14. The van der Waals surface area contributed by atoms with E-state index in [0.29, 0.717) is 0 Å². The van der Waals surface area contributed by atoms with E-state index in [1.807, 2.05) is 0 Å². The Morgan fingerprint density at radius 2 is 1.00 bits per heavy atom. The summed E-state index contributed by atoms with van der Waals surface area (Å²) in [5.41, 5.74) is 6.28. The lowest BCUT2D eigenvalue weighted by atomic mass is 10.0. The second-order valence-electron chi connectivity index (χ2n) is 7.86. The molecule has 0 bridgehead atoms. The molecule has 0 aromatic heterocycles. The molecule has 0 amide bonds. The molecule has 1 nitrogen and oxygen atoms in total. The highest BCUT2D eigenvalue weighted by Crippen LogP contribution is 2.38. The molecule has 0 heterocycles. The van der Waals surface area contributed by atoms with Gasteiger partial charge in [0.15, 0.2) is 0 Å². The van der Waals surface area contributed by atoms with Crippen molar-refractivity contribution in [3.8, 4) is 0 Å². The van der Waals surface area contributed by atoms with Crippen molar-refractivity contribution in [1.82, 2.24) is 0 Å². The van der Waals surface area contributed by atoms with E-state index in [0.717, 1.165) is 6.42 Å². The van der Waals surface area contributed by atoms with Gasteiger partial charge in [0.2, 0.25) is 0 Å². The third kappa shape index (κ3) is 3.33. The molecule has 0 fully saturated rings. The lowest BCUT2D eigenvalue weighted by Gasteiger charge is -2.27. The summed E-state index contributed by atoms with van der Waals surface area (Å²) in [6.45, 7) is 4.42. The summed E-state index contributed by atoms with van der Waals surface area (Å²) in [7, 11) is 0. The fraction of sp³-hybridized carbons (Fsp3) is 0.103. The standard InChI is InChI=1S/C29H25N/c1-3-22-18-27(15-12-21(22)2)30(28-16-13-23-8-4-6-10-25(23)19-28)29-17-14-24-9-5-7-11-26(24)20-29/h4-20H,3H2,1-2H3. The highest BCUT2D eigenvalue weighted by molar-refractivity contribution is 5.92. The van der Waals surface area contributed by atoms with Crippen LogP contribution in [0, 0.1) is 6.92 Å². The van der Waals surface area contributed by atoms with Gasteiger partial charge in [-0.15, -0.1) is 0 Å². The predicted octanol–water partition coefficient (Wildman–Crippen LogP) is 8.33. The van der Waals surface area contributed by atoms with Gasteiger partial charge in [0, 0.05) is 17.1 Å². The average Bonchev–Trinajstić information content (AvgIpc) is 2.80. The molecule has 0 aliphatic heterocycles. The number of hydrogen-bond acceptors (Lipinski definition) is 1. The summed E-state index contributed by atoms with van der Waals surface area (Å²) in [5, 5.41) is 5.03. The Morgan fingerprint density at radius 3 is 1.53 bits per heavy atom. The van der Waals surface area contributed by atoms with Crippen molar-refractivity contribution in [3.05, 3.63) is 114 Å². The van der Waals surface area contributed by atoms with Crippen LogP contribution in [0.5, 0.6) is 0 Å². The van der Waals surface area contributed by atoms with Crippen LogP contribution in [-0.4, -0.2) is 0 Å². The van der Waals surface area contributed by atoms with Crippen LogP contribution in [0.15, 0.2) is 103 Å². The first kappa shape index (κ1) is 18.4. The molecule has 0 saturated carbocycles. The minimum absolute atomic E-state index is 1.03. The summed E-state index contributed by atoms with van der Waals surface area (Å²) in [4.78, 5) is 2.37. The predicted molar refractivity (Wildman–Crippen MR) is 130 cm³/mol. The highest BCUT2D eigenvalue weighted by atomic mass is 15.1. The molecule has 0 spiro atoms. The van der Waals surface area contributed by atoms with Gasteiger partial charge in [0.05, 0.1) is 0 Å². The van der Waals surface area contributed by atoms with Crippen molar-refractivity contribution in [2.45, 2.75) is 20.3 Å². The maximum Gasteiger partial charge on any atom is 0.0468 e. The van der Waals surface area contributed by atoms with Crippen LogP contribution in [0.1, 0.15) is 18.1 Å². The van der Waals surface area contributed by atoms with E-state index in [9.17, 15) is 0 Å². The number of fused-ring (bicyclic) bond motifs is 2. The molecule has 0 N–H and O–H groups in total. The van der Waals surface area contributed by atoms with Gasteiger partial charge in [0.25, 0.3) is 0 Å². The number of anilines is 3. The van der Waals surface area contributed by atoms with E-state index in [4.69, 9.17) is 0 Å². The van der Waals surface area contributed by atoms with Gasteiger partial charge in [-0.1, -0.05) is 73.7 Å². The van der Waals surface area contributed by atoms with Crippen molar-refractivity contribution in [2.75, 3.05) is 4.90 Å². The third-order valence-electron chi connectivity index (χ3n) is 5.95. The van der Waals surface area contributed by atoms with E-state index in [1.54, 1.807) is 0 Å². The Bertz CT molecular complexity index is 1270. The van der Waals surface area contributed by atoms with E-state index < -0.39 is 0 Å². The van der Waals surface area contributed by atoms with Crippen molar-refractivity contribution in [3.63, 3.8) is 0 Å². The normalized spacial score (nSPS) is 11.1. The fourth-order valence-electron chi connectivity index (χ4n) is 4.26. The molecule has 5 rings (SSSR count).